The number of aromatic nitrogens is 1. The Morgan fingerprint density at radius 1 is 1.55 bits per heavy atom. The van der Waals surface area contributed by atoms with Gasteiger partial charge in [-0.2, -0.15) is 0 Å². The predicted octanol–water partition coefficient (Wildman–Crippen LogP) is 2.10. The molecule has 1 heterocycles. The van der Waals surface area contributed by atoms with Gasteiger partial charge in [0, 0.05) is 11.9 Å². The van der Waals surface area contributed by atoms with Gasteiger partial charge in [-0.15, -0.1) is 36.2 Å². The number of nitrogens with one attached hydrogen (secondary N) is 1. The summed E-state index contributed by atoms with van der Waals surface area (Å²) >= 11 is 1.64. The van der Waals surface area contributed by atoms with Crippen LogP contribution in [0.15, 0.2) is 10.9 Å². The molecule has 0 fully saturated rings. The van der Waals surface area contributed by atoms with Gasteiger partial charge in [-0.3, -0.25) is 0 Å². The third-order valence-corrected chi connectivity index (χ3v) is 1.67. The molecule has 1 N–H and O–H groups in total. The van der Waals surface area contributed by atoms with Crippen molar-refractivity contribution in [3.63, 3.8) is 0 Å². The van der Waals surface area contributed by atoms with E-state index in [0.717, 1.165) is 18.8 Å². The summed E-state index contributed by atoms with van der Waals surface area (Å²) < 4.78 is 0. The average Bonchev–Trinajstić information content (AvgIpc) is 2.34. The second kappa shape index (κ2) is 8.27. The van der Waals surface area contributed by atoms with Gasteiger partial charge < -0.3 is 5.32 Å². The molecule has 5 heteroatoms. The average molecular weight is 215 g/mol. The van der Waals surface area contributed by atoms with Crippen molar-refractivity contribution in [3.05, 3.63) is 16.6 Å². The Balaban J connectivity index is 0. The molecule has 0 unspecified atom stereocenters. The minimum Gasteiger partial charge on any atom is -0.311 e. The van der Waals surface area contributed by atoms with Crippen molar-refractivity contribution in [1.82, 2.24) is 10.3 Å². The summed E-state index contributed by atoms with van der Waals surface area (Å²) in [5.74, 6) is 0. The molecule has 0 saturated carbocycles. The van der Waals surface area contributed by atoms with E-state index in [1.807, 2.05) is 5.51 Å². The summed E-state index contributed by atoms with van der Waals surface area (Å²) in [6.45, 7) is 4.00. The number of halogens is 2. The Kier molecular flexibility index (Phi) is 10.3. The molecule has 0 amide bonds. The van der Waals surface area contributed by atoms with E-state index >= 15 is 0 Å². The lowest BCUT2D eigenvalue weighted by Gasteiger charge is -1.93. The van der Waals surface area contributed by atoms with E-state index in [9.17, 15) is 0 Å². The van der Waals surface area contributed by atoms with E-state index in [0.29, 0.717) is 0 Å². The summed E-state index contributed by atoms with van der Waals surface area (Å²) in [6.07, 6.45) is 0. The molecule has 2 nitrogen and oxygen atoms in total. The lowest BCUT2D eigenvalue weighted by atomic mass is 10.5. The summed E-state index contributed by atoms with van der Waals surface area (Å²) in [7, 11) is 0. The first-order chi connectivity index (χ1) is 4.43. The summed E-state index contributed by atoms with van der Waals surface area (Å²) in [6, 6.07) is 0. The first kappa shape index (κ1) is 13.7. The van der Waals surface area contributed by atoms with Crippen molar-refractivity contribution in [2.45, 2.75) is 13.5 Å². The Morgan fingerprint density at radius 3 is 2.73 bits per heavy atom. The van der Waals surface area contributed by atoms with Crippen LogP contribution < -0.4 is 5.32 Å². The minimum absolute atomic E-state index is 0. The van der Waals surface area contributed by atoms with Gasteiger partial charge in [0.05, 0.1) is 11.2 Å². The van der Waals surface area contributed by atoms with E-state index in [1.165, 1.54) is 0 Å². The van der Waals surface area contributed by atoms with Crippen LogP contribution in [0.5, 0.6) is 0 Å². The maximum Gasteiger partial charge on any atom is 0.0795 e. The molecule has 11 heavy (non-hydrogen) atoms. The fourth-order valence-electron chi connectivity index (χ4n) is 0.578. The normalized spacial score (nSPS) is 8.09. The number of thiazole rings is 1. The lowest BCUT2D eigenvalue weighted by Crippen LogP contribution is -2.11. The molecule has 0 radical (unpaired) electrons. The van der Waals surface area contributed by atoms with Crippen LogP contribution in [-0.4, -0.2) is 11.5 Å². The molecule has 0 bridgehead atoms. The van der Waals surface area contributed by atoms with Gasteiger partial charge in [-0.05, 0) is 6.54 Å². The van der Waals surface area contributed by atoms with E-state index in [1.54, 1.807) is 11.3 Å². The van der Waals surface area contributed by atoms with Crippen LogP contribution in [0.4, 0.5) is 0 Å². The zero-order chi connectivity index (χ0) is 6.53. The largest absolute Gasteiger partial charge is 0.311 e. The molecule has 0 spiro atoms. The van der Waals surface area contributed by atoms with Gasteiger partial charge in [0.15, 0.2) is 0 Å². The van der Waals surface area contributed by atoms with Crippen molar-refractivity contribution in [2.75, 3.05) is 6.54 Å². The fraction of sp³-hybridized carbons (Fsp3) is 0.500. The molecule has 0 aliphatic carbocycles. The van der Waals surface area contributed by atoms with Crippen molar-refractivity contribution in [1.29, 1.82) is 0 Å². The Hall–Kier alpha value is 0.170. The summed E-state index contributed by atoms with van der Waals surface area (Å²) in [4.78, 5) is 4.11. The number of rotatable bonds is 3. The van der Waals surface area contributed by atoms with Crippen LogP contribution in [0.2, 0.25) is 0 Å². The van der Waals surface area contributed by atoms with Crippen LogP contribution in [-0.2, 0) is 6.54 Å². The van der Waals surface area contributed by atoms with Crippen molar-refractivity contribution in [2.24, 2.45) is 0 Å². The molecule has 0 aliphatic rings. The molecule has 0 aromatic carbocycles. The minimum atomic E-state index is 0. The maximum atomic E-state index is 4.11. The number of nitrogens with zero attached hydrogens (tertiary/aromatic N) is 1. The zero-order valence-electron chi connectivity index (χ0n) is 6.24. The number of hydrogen-bond donors (Lipinski definition) is 1. The zero-order valence-corrected chi connectivity index (χ0v) is 8.69. The van der Waals surface area contributed by atoms with Crippen LogP contribution in [0.1, 0.15) is 12.6 Å². The highest BCUT2D eigenvalue weighted by Crippen LogP contribution is 1.98. The molecule has 0 saturated heterocycles. The highest BCUT2D eigenvalue weighted by molar-refractivity contribution is 7.07. The molecular formula is C6H12Cl2N2S. The molecule has 0 atom stereocenters. The van der Waals surface area contributed by atoms with E-state index in [4.69, 9.17) is 0 Å². The molecule has 0 aliphatic heterocycles. The molecule has 1 rings (SSSR count). The van der Waals surface area contributed by atoms with Crippen LogP contribution in [0.25, 0.3) is 0 Å². The fourth-order valence-corrected chi connectivity index (χ4v) is 1.14. The van der Waals surface area contributed by atoms with Gasteiger partial charge in [0.1, 0.15) is 0 Å². The molecule has 1 aromatic rings. The highest BCUT2D eigenvalue weighted by Gasteiger charge is 1.89. The number of hydrogen-bond acceptors (Lipinski definition) is 3. The molecule has 66 valence electrons. The van der Waals surface area contributed by atoms with E-state index in [2.05, 4.69) is 22.6 Å². The van der Waals surface area contributed by atoms with Gasteiger partial charge in [-0.1, -0.05) is 6.92 Å². The molecular weight excluding hydrogens is 203 g/mol. The van der Waals surface area contributed by atoms with Crippen molar-refractivity contribution in [3.8, 4) is 0 Å². The second-order valence-electron chi connectivity index (χ2n) is 1.76. The van der Waals surface area contributed by atoms with Gasteiger partial charge in [0.25, 0.3) is 0 Å². The van der Waals surface area contributed by atoms with Crippen molar-refractivity contribution < 1.29 is 0 Å². The van der Waals surface area contributed by atoms with Gasteiger partial charge >= 0.3 is 0 Å². The van der Waals surface area contributed by atoms with E-state index < -0.39 is 0 Å². The van der Waals surface area contributed by atoms with Gasteiger partial charge in [0.2, 0.25) is 0 Å². The van der Waals surface area contributed by atoms with Crippen LogP contribution in [0.3, 0.4) is 0 Å². The SMILES string of the molecule is CCNCc1cscn1.Cl.Cl. The van der Waals surface area contributed by atoms with Crippen molar-refractivity contribution >= 4 is 36.2 Å². The third kappa shape index (κ3) is 5.44. The Labute approximate surface area is 83.2 Å². The quantitative estimate of drug-likeness (QED) is 0.835. The van der Waals surface area contributed by atoms with Crippen LogP contribution >= 0.6 is 36.2 Å². The highest BCUT2D eigenvalue weighted by atomic mass is 35.5. The smallest absolute Gasteiger partial charge is 0.0795 e. The summed E-state index contributed by atoms with van der Waals surface area (Å²) in [5, 5.41) is 5.25. The first-order valence-corrected chi connectivity index (χ1v) is 3.95. The standard InChI is InChI=1S/C6H10N2S.2ClH/c1-2-7-3-6-4-9-5-8-6;;/h4-5,7H,2-3H2,1H3;2*1H. The van der Waals surface area contributed by atoms with Crippen LogP contribution in [0, 0.1) is 0 Å². The predicted molar refractivity (Wildman–Crippen MR) is 54.0 cm³/mol. The topological polar surface area (TPSA) is 24.9 Å². The summed E-state index contributed by atoms with van der Waals surface area (Å²) in [5.41, 5.74) is 2.99. The first-order valence-electron chi connectivity index (χ1n) is 3.01. The van der Waals surface area contributed by atoms with Gasteiger partial charge in [-0.25, -0.2) is 4.98 Å². The second-order valence-corrected chi connectivity index (χ2v) is 2.48. The maximum absolute atomic E-state index is 4.11. The third-order valence-electron chi connectivity index (χ3n) is 1.04. The molecule has 1 aromatic heterocycles. The monoisotopic (exact) mass is 214 g/mol. The van der Waals surface area contributed by atoms with E-state index in [-0.39, 0.29) is 24.8 Å². The Morgan fingerprint density at radius 2 is 2.27 bits per heavy atom. The lowest BCUT2D eigenvalue weighted by molar-refractivity contribution is 0.714. The Bertz CT molecular complexity index is 156.